The zero-order chi connectivity index (χ0) is 16.6. The monoisotopic (exact) mass is 328 g/mol. The molecule has 0 unspecified atom stereocenters. The molecule has 1 aromatic heterocycles. The highest BCUT2D eigenvalue weighted by atomic mass is 16.5. The molecule has 5 heteroatoms. The van der Waals surface area contributed by atoms with E-state index in [0.717, 1.165) is 50.7 Å². The molecule has 2 heterocycles. The van der Waals surface area contributed by atoms with Crippen molar-refractivity contribution in [3.8, 4) is 11.3 Å². The Morgan fingerprint density at radius 1 is 1.04 bits per heavy atom. The van der Waals surface area contributed by atoms with Gasteiger partial charge in [-0.3, -0.25) is 9.58 Å². The number of hydrogen-bond donors (Lipinski definition) is 0. The molecule has 1 aliphatic rings. The number of unbranched alkanes of at least 4 members (excludes halogenated alkanes) is 2. The van der Waals surface area contributed by atoms with Gasteiger partial charge in [-0.1, -0.05) is 49.2 Å². The molecule has 0 N–H and O–H groups in total. The van der Waals surface area contributed by atoms with E-state index in [1.54, 1.807) is 0 Å². The number of benzene rings is 1. The molecule has 1 aliphatic heterocycles. The Morgan fingerprint density at radius 3 is 2.58 bits per heavy atom. The van der Waals surface area contributed by atoms with E-state index in [2.05, 4.69) is 46.4 Å². The maximum Gasteiger partial charge on any atom is 0.113 e. The third kappa shape index (κ3) is 4.89. The molecule has 2 aromatic rings. The maximum atomic E-state index is 5.38. The Hall–Kier alpha value is -1.72. The number of aromatic nitrogens is 3. The van der Waals surface area contributed by atoms with Crippen molar-refractivity contribution < 1.29 is 4.74 Å². The average molecular weight is 328 g/mol. The summed E-state index contributed by atoms with van der Waals surface area (Å²) in [5.74, 6) is 0. The van der Waals surface area contributed by atoms with E-state index >= 15 is 0 Å². The fourth-order valence-electron chi connectivity index (χ4n) is 3.03. The number of morpholine rings is 1. The molecule has 0 atom stereocenters. The highest BCUT2D eigenvalue weighted by Gasteiger charge is 2.10. The van der Waals surface area contributed by atoms with E-state index in [1.807, 2.05) is 10.9 Å². The molecule has 0 radical (unpaired) electrons. The molecule has 3 rings (SSSR count). The second-order valence-electron chi connectivity index (χ2n) is 6.47. The second-order valence-corrected chi connectivity index (χ2v) is 6.47. The first-order valence-electron chi connectivity index (χ1n) is 9.14. The fourth-order valence-corrected chi connectivity index (χ4v) is 3.03. The van der Waals surface area contributed by atoms with Crippen molar-refractivity contribution in [2.24, 2.45) is 0 Å². The standard InChI is InChI=1S/C19H28N4O/c1-2-3-4-5-17-6-8-18(9-7-17)19-16-23(21-20-19)11-10-22-12-14-24-15-13-22/h6-9,16H,2-5,10-15H2,1H3. The summed E-state index contributed by atoms with van der Waals surface area (Å²) in [6.07, 6.45) is 7.06. The van der Waals surface area contributed by atoms with Crippen LogP contribution in [-0.2, 0) is 17.7 Å². The number of nitrogens with zero attached hydrogens (tertiary/aromatic N) is 4. The molecule has 130 valence electrons. The van der Waals surface area contributed by atoms with Gasteiger partial charge in [0.2, 0.25) is 0 Å². The Morgan fingerprint density at radius 2 is 1.83 bits per heavy atom. The Labute approximate surface area is 144 Å². The molecule has 0 aliphatic carbocycles. The van der Waals surface area contributed by atoms with Crippen molar-refractivity contribution in [1.82, 2.24) is 19.9 Å². The molecular weight excluding hydrogens is 300 g/mol. The minimum atomic E-state index is 0.840. The molecular formula is C19H28N4O. The number of ether oxygens (including phenoxy) is 1. The van der Waals surface area contributed by atoms with Gasteiger partial charge in [0.1, 0.15) is 5.69 Å². The predicted molar refractivity (Wildman–Crippen MR) is 95.9 cm³/mol. The topological polar surface area (TPSA) is 43.2 Å². The van der Waals surface area contributed by atoms with Gasteiger partial charge in [-0.05, 0) is 18.4 Å². The van der Waals surface area contributed by atoms with Crippen LogP contribution in [0.2, 0.25) is 0 Å². The van der Waals surface area contributed by atoms with Crippen LogP contribution < -0.4 is 0 Å². The SMILES string of the molecule is CCCCCc1ccc(-c2cn(CCN3CCOCC3)nn2)cc1. The van der Waals surface area contributed by atoms with E-state index in [4.69, 9.17) is 4.74 Å². The average Bonchev–Trinajstić information content (AvgIpc) is 3.11. The van der Waals surface area contributed by atoms with Crippen LogP contribution in [0, 0.1) is 0 Å². The Bertz CT molecular complexity index is 602. The lowest BCUT2D eigenvalue weighted by molar-refractivity contribution is 0.0359. The summed E-state index contributed by atoms with van der Waals surface area (Å²) in [4.78, 5) is 2.41. The van der Waals surface area contributed by atoms with Crippen LogP contribution in [-0.4, -0.2) is 52.7 Å². The van der Waals surface area contributed by atoms with Crippen LogP contribution in [0.3, 0.4) is 0 Å². The van der Waals surface area contributed by atoms with E-state index in [-0.39, 0.29) is 0 Å². The molecule has 0 amide bonds. The van der Waals surface area contributed by atoms with Crippen LogP contribution in [0.15, 0.2) is 30.5 Å². The lowest BCUT2D eigenvalue weighted by atomic mass is 10.0. The number of hydrogen-bond acceptors (Lipinski definition) is 4. The molecule has 1 aromatic carbocycles. The molecule has 1 fully saturated rings. The Balaban J connectivity index is 1.52. The van der Waals surface area contributed by atoms with Crippen molar-refractivity contribution in [3.63, 3.8) is 0 Å². The number of rotatable bonds is 8. The van der Waals surface area contributed by atoms with Gasteiger partial charge < -0.3 is 4.74 Å². The van der Waals surface area contributed by atoms with Crippen molar-refractivity contribution >= 4 is 0 Å². The first-order valence-corrected chi connectivity index (χ1v) is 9.14. The highest BCUT2D eigenvalue weighted by molar-refractivity contribution is 5.57. The van der Waals surface area contributed by atoms with Crippen molar-refractivity contribution in [2.75, 3.05) is 32.8 Å². The van der Waals surface area contributed by atoms with E-state index in [0.29, 0.717) is 0 Å². The minimum Gasteiger partial charge on any atom is -0.379 e. The maximum absolute atomic E-state index is 5.38. The smallest absolute Gasteiger partial charge is 0.113 e. The highest BCUT2D eigenvalue weighted by Crippen LogP contribution is 2.18. The van der Waals surface area contributed by atoms with E-state index in [1.165, 1.54) is 31.2 Å². The van der Waals surface area contributed by atoms with Gasteiger partial charge in [0.25, 0.3) is 0 Å². The summed E-state index contributed by atoms with van der Waals surface area (Å²) >= 11 is 0. The molecule has 24 heavy (non-hydrogen) atoms. The summed E-state index contributed by atoms with van der Waals surface area (Å²) in [5, 5.41) is 8.59. The van der Waals surface area contributed by atoms with Gasteiger partial charge in [-0.15, -0.1) is 5.10 Å². The zero-order valence-corrected chi connectivity index (χ0v) is 14.7. The lowest BCUT2D eigenvalue weighted by Gasteiger charge is -2.26. The van der Waals surface area contributed by atoms with Gasteiger partial charge in [0.15, 0.2) is 0 Å². The van der Waals surface area contributed by atoms with Crippen molar-refractivity contribution in [1.29, 1.82) is 0 Å². The van der Waals surface area contributed by atoms with E-state index in [9.17, 15) is 0 Å². The first kappa shape index (κ1) is 17.1. The third-order valence-corrected chi connectivity index (χ3v) is 4.61. The third-order valence-electron chi connectivity index (χ3n) is 4.61. The van der Waals surface area contributed by atoms with Gasteiger partial charge in [-0.2, -0.15) is 0 Å². The number of aryl methyl sites for hydroxylation is 1. The first-order chi connectivity index (χ1) is 11.8. The van der Waals surface area contributed by atoms with Crippen LogP contribution in [0.1, 0.15) is 31.7 Å². The summed E-state index contributed by atoms with van der Waals surface area (Å²) < 4.78 is 7.32. The second kappa shape index (κ2) is 8.94. The molecule has 0 bridgehead atoms. The van der Waals surface area contributed by atoms with Gasteiger partial charge in [0.05, 0.1) is 26.0 Å². The lowest BCUT2D eigenvalue weighted by Crippen LogP contribution is -2.38. The van der Waals surface area contributed by atoms with Gasteiger partial charge >= 0.3 is 0 Å². The van der Waals surface area contributed by atoms with Crippen LogP contribution in [0.5, 0.6) is 0 Å². The predicted octanol–water partition coefficient (Wildman–Crippen LogP) is 3.01. The van der Waals surface area contributed by atoms with Crippen LogP contribution >= 0.6 is 0 Å². The summed E-state index contributed by atoms with van der Waals surface area (Å²) in [6, 6.07) is 8.77. The molecule has 0 saturated carbocycles. The largest absolute Gasteiger partial charge is 0.379 e. The summed E-state index contributed by atoms with van der Waals surface area (Å²) in [6.45, 7) is 7.83. The van der Waals surface area contributed by atoms with Gasteiger partial charge in [-0.25, -0.2) is 0 Å². The Kier molecular flexibility index (Phi) is 6.38. The normalized spacial score (nSPS) is 15.7. The summed E-state index contributed by atoms with van der Waals surface area (Å²) in [7, 11) is 0. The summed E-state index contributed by atoms with van der Waals surface area (Å²) in [5.41, 5.74) is 3.51. The van der Waals surface area contributed by atoms with Crippen LogP contribution in [0.25, 0.3) is 11.3 Å². The van der Waals surface area contributed by atoms with Gasteiger partial charge in [0, 0.05) is 25.2 Å². The van der Waals surface area contributed by atoms with Crippen LogP contribution in [0.4, 0.5) is 0 Å². The zero-order valence-electron chi connectivity index (χ0n) is 14.7. The quantitative estimate of drug-likeness (QED) is 0.699. The van der Waals surface area contributed by atoms with Crippen molar-refractivity contribution in [3.05, 3.63) is 36.0 Å². The molecule has 0 spiro atoms. The molecule has 1 saturated heterocycles. The fraction of sp³-hybridized carbons (Fsp3) is 0.579. The van der Waals surface area contributed by atoms with E-state index < -0.39 is 0 Å². The van der Waals surface area contributed by atoms with Crippen molar-refractivity contribution in [2.45, 2.75) is 39.2 Å². The molecule has 5 nitrogen and oxygen atoms in total. The minimum absolute atomic E-state index is 0.840.